The molecule has 2 N–H and O–H groups in total. The first-order valence-electron chi connectivity index (χ1n) is 5.06. The largest absolute Gasteiger partial charge is 0.392 e. The predicted molar refractivity (Wildman–Crippen MR) is 61.6 cm³/mol. The SMILES string of the molecule is CC(NCC(O)C(C)C)c1cccs1. The molecule has 0 aliphatic heterocycles. The van der Waals surface area contributed by atoms with Crippen LogP contribution in [0.25, 0.3) is 0 Å². The third-order valence-corrected chi connectivity index (χ3v) is 3.43. The molecule has 0 saturated carbocycles. The number of aliphatic hydroxyl groups excluding tert-OH is 1. The van der Waals surface area contributed by atoms with E-state index in [0.29, 0.717) is 18.5 Å². The summed E-state index contributed by atoms with van der Waals surface area (Å²) >= 11 is 1.75. The minimum atomic E-state index is -0.252. The number of rotatable bonds is 5. The van der Waals surface area contributed by atoms with E-state index in [1.807, 2.05) is 13.8 Å². The van der Waals surface area contributed by atoms with Gasteiger partial charge in [0.05, 0.1) is 6.10 Å². The third kappa shape index (κ3) is 3.40. The van der Waals surface area contributed by atoms with E-state index in [1.165, 1.54) is 4.88 Å². The second-order valence-corrected chi connectivity index (χ2v) is 4.94. The molecule has 2 unspecified atom stereocenters. The first-order valence-corrected chi connectivity index (χ1v) is 5.94. The van der Waals surface area contributed by atoms with Crippen LogP contribution >= 0.6 is 11.3 Å². The van der Waals surface area contributed by atoms with E-state index in [2.05, 4.69) is 29.8 Å². The minimum absolute atomic E-state index is 0.252. The number of thiophene rings is 1. The quantitative estimate of drug-likeness (QED) is 0.787. The molecule has 0 fully saturated rings. The molecule has 1 aromatic heterocycles. The zero-order valence-corrected chi connectivity index (χ0v) is 9.84. The minimum Gasteiger partial charge on any atom is -0.392 e. The molecule has 14 heavy (non-hydrogen) atoms. The zero-order chi connectivity index (χ0) is 10.6. The van der Waals surface area contributed by atoms with Crippen LogP contribution in [-0.4, -0.2) is 17.8 Å². The van der Waals surface area contributed by atoms with Crippen LogP contribution in [0.15, 0.2) is 17.5 Å². The normalized spacial score (nSPS) is 15.8. The lowest BCUT2D eigenvalue weighted by Gasteiger charge is -2.18. The van der Waals surface area contributed by atoms with Crippen molar-refractivity contribution in [2.24, 2.45) is 5.92 Å². The van der Waals surface area contributed by atoms with Crippen molar-refractivity contribution in [2.45, 2.75) is 32.9 Å². The molecule has 0 saturated heterocycles. The Morgan fingerprint density at radius 1 is 1.43 bits per heavy atom. The van der Waals surface area contributed by atoms with Crippen LogP contribution in [0.4, 0.5) is 0 Å². The molecule has 1 rings (SSSR count). The van der Waals surface area contributed by atoms with Crippen LogP contribution in [0.1, 0.15) is 31.7 Å². The van der Waals surface area contributed by atoms with Gasteiger partial charge in [0, 0.05) is 17.5 Å². The summed E-state index contributed by atoms with van der Waals surface area (Å²) in [7, 11) is 0. The van der Waals surface area contributed by atoms with Gasteiger partial charge in [0.1, 0.15) is 0 Å². The summed E-state index contributed by atoms with van der Waals surface area (Å²) in [6, 6.07) is 4.50. The van der Waals surface area contributed by atoms with Crippen molar-refractivity contribution >= 4 is 11.3 Å². The monoisotopic (exact) mass is 213 g/mol. The van der Waals surface area contributed by atoms with Gasteiger partial charge in [0.25, 0.3) is 0 Å². The Morgan fingerprint density at radius 2 is 2.14 bits per heavy atom. The van der Waals surface area contributed by atoms with Gasteiger partial charge in [-0.25, -0.2) is 0 Å². The lowest BCUT2D eigenvalue weighted by molar-refractivity contribution is 0.121. The van der Waals surface area contributed by atoms with Crippen LogP contribution in [-0.2, 0) is 0 Å². The van der Waals surface area contributed by atoms with Crippen LogP contribution in [0.3, 0.4) is 0 Å². The highest BCUT2D eigenvalue weighted by molar-refractivity contribution is 7.10. The van der Waals surface area contributed by atoms with Gasteiger partial charge in [-0.3, -0.25) is 0 Å². The second-order valence-electron chi connectivity index (χ2n) is 3.96. The number of hydrogen-bond acceptors (Lipinski definition) is 3. The zero-order valence-electron chi connectivity index (χ0n) is 9.03. The number of hydrogen-bond donors (Lipinski definition) is 2. The van der Waals surface area contributed by atoms with E-state index in [9.17, 15) is 5.11 Å². The summed E-state index contributed by atoms with van der Waals surface area (Å²) in [5.41, 5.74) is 0. The van der Waals surface area contributed by atoms with Gasteiger partial charge in [-0.2, -0.15) is 0 Å². The molecular formula is C11H19NOS. The van der Waals surface area contributed by atoms with E-state index < -0.39 is 0 Å². The molecule has 0 aromatic carbocycles. The standard InChI is InChI=1S/C11H19NOS/c1-8(2)10(13)7-12-9(3)11-5-4-6-14-11/h4-6,8-10,12-13H,7H2,1-3H3. The van der Waals surface area contributed by atoms with Gasteiger partial charge >= 0.3 is 0 Å². The van der Waals surface area contributed by atoms with Crippen LogP contribution < -0.4 is 5.32 Å². The highest BCUT2D eigenvalue weighted by Crippen LogP contribution is 2.18. The summed E-state index contributed by atoms with van der Waals surface area (Å²) in [6.45, 7) is 6.85. The summed E-state index contributed by atoms with van der Waals surface area (Å²) in [5.74, 6) is 0.318. The fourth-order valence-corrected chi connectivity index (χ4v) is 1.93. The molecule has 80 valence electrons. The highest BCUT2D eigenvalue weighted by Gasteiger charge is 2.11. The van der Waals surface area contributed by atoms with Crippen LogP contribution in [0.5, 0.6) is 0 Å². The number of nitrogens with one attached hydrogen (secondary N) is 1. The average molecular weight is 213 g/mol. The van der Waals surface area contributed by atoms with Gasteiger partial charge in [-0.05, 0) is 24.3 Å². The summed E-state index contributed by atoms with van der Waals surface area (Å²) < 4.78 is 0. The lowest BCUT2D eigenvalue weighted by atomic mass is 10.1. The maximum absolute atomic E-state index is 9.61. The Labute approximate surface area is 90.0 Å². The van der Waals surface area contributed by atoms with Crippen molar-refractivity contribution in [2.75, 3.05) is 6.54 Å². The topological polar surface area (TPSA) is 32.3 Å². The predicted octanol–water partition coefficient (Wildman–Crippen LogP) is 2.42. The van der Waals surface area contributed by atoms with E-state index in [4.69, 9.17) is 0 Å². The van der Waals surface area contributed by atoms with Gasteiger partial charge in [0.2, 0.25) is 0 Å². The number of aliphatic hydroxyl groups is 1. The molecule has 1 aromatic rings. The maximum Gasteiger partial charge on any atom is 0.0687 e. The van der Waals surface area contributed by atoms with Gasteiger partial charge in [-0.15, -0.1) is 11.3 Å². The van der Waals surface area contributed by atoms with Gasteiger partial charge < -0.3 is 10.4 Å². The molecule has 0 aliphatic rings. The fraction of sp³-hybridized carbons (Fsp3) is 0.636. The summed E-state index contributed by atoms with van der Waals surface area (Å²) in [6.07, 6.45) is -0.252. The first kappa shape index (κ1) is 11.7. The smallest absolute Gasteiger partial charge is 0.0687 e. The summed E-state index contributed by atoms with van der Waals surface area (Å²) in [4.78, 5) is 1.32. The van der Waals surface area contributed by atoms with Crippen molar-refractivity contribution in [3.05, 3.63) is 22.4 Å². The van der Waals surface area contributed by atoms with Crippen molar-refractivity contribution in [3.63, 3.8) is 0 Å². The Bertz CT molecular complexity index is 246. The van der Waals surface area contributed by atoms with Crippen molar-refractivity contribution in [1.29, 1.82) is 0 Å². The van der Waals surface area contributed by atoms with E-state index in [0.717, 1.165) is 0 Å². The van der Waals surface area contributed by atoms with Crippen LogP contribution in [0.2, 0.25) is 0 Å². The lowest BCUT2D eigenvalue weighted by Crippen LogP contribution is -2.31. The second kappa shape index (κ2) is 5.49. The molecule has 0 aliphatic carbocycles. The highest BCUT2D eigenvalue weighted by atomic mass is 32.1. The van der Waals surface area contributed by atoms with Gasteiger partial charge in [0.15, 0.2) is 0 Å². The van der Waals surface area contributed by atoms with Crippen molar-refractivity contribution in [3.8, 4) is 0 Å². The third-order valence-electron chi connectivity index (χ3n) is 2.37. The molecule has 1 heterocycles. The Balaban J connectivity index is 2.32. The Hall–Kier alpha value is -0.380. The Kier molecular flexibility index (Phi) is 4.58. The van der Waals surface area contributed by atoms with E-state index >= 15 is 0 Å². The fourth-order valence-electron chi connectivity index (χ4n) is 1.17. The summed E-state index contributed by atoms with van der Waals surface area (Å²) in [5, 5.41) is 15.0. The van der Waals surface area contributed by atoms with E-state index in [-0.39, 0.29) is 6.10 Å². The Morgan fingerprint density at radius 3 is 2.64 bits per heavy atom. The molecule has 0 radical (unpaired) electrons. The van der Waals surface area contributed by atoms with Crippen molar-refractivity contribution < 1.29 is 5.11 Å². The maximum atomic E-state index is 9.61. The first-order chi connectivity index (χ1) is 6.61. The molecular weight excluding hydrogens is 194 g/mol. The average Bonchev–Trinajstić information content (AvgIpc) is 2.66. The van der Waals surface area contributed by atoms with E-state index in [1.54, 1.807) is 11.3 Å². The molecule has 2 nitrogen and oxygen atoms in total. The molecule has 3 heteroatoms. The molecule has 0 spiro atoms. The van der Waals surface area contributed by atoms with Crippen molar-refractivity contribution in [1.82, 2.24) is 5.32 Å². The molecule has 0 bridgehead atoms. The molecule has 2 atom stereocenters. The van der Waals surface area contributed by atoms with Gasteiger partial charge in [-0.1, -0.05) is 19.9 Å². The molecule has 0 amide bonds. The van der Waals surface area contributed by atoms with Crippen LogP contribution in [0, 0.1) is 5.92 Å².